The molecule has 3 amide bonds. The zero-order valence-corrected chi connectivity index (χ0v) is 13.0. The minimum atomic E-state index is -0.786. The molecule has 0 aliphatic carbocycles. The van der Waals surface area contributed by atoms with Crippen molar-refractivity contribution < 1.29 is 19.2 Å². The van der Waals surface area contributed by atoms with E-state index >= 15 is 0 Å². The smallest absolute Gasteiger partial charge is 0.239 e. The summed E-state index contributed by atoms with van der Waals surface area (Å²) in [6, 6.07) is -0.786. The first-order chi connectivity index (χ1) is 9.77. The molecule has 9 heteroatoms. The second kappa shape index (κ2) is 10.2. The van der Waals surface area contributed by atoms with Crippen LogP contribution in [0, 0.1) is 5.92 Å². The molecule has 0 heterocycles. The van der Waals surface area contributed by atoms with Crippen LogP contribution in [0.25, 0.3) is 0 Å². The first-order valence-electron chi connectivity index (χ1n) is 6.48. The van der Waals surface area contributed by atoms with Gasteiger partial charge in [-0.3, -0.25) is 19.2 Å². The summed E-state index contributed by atoms with van der Waals surface area (Å²) in [7, 11) is 0. The summed E-state index contributed by atoms with van der Waals surface area (Å²) in [5, 5.41) is 7.01. The van der Waals surface area contributed by atoms with Crippen molar-refractivity contribution in [2.24, 2.45) is 11.7 Å². The number of thiol groups is 1. The average molecular weight is 318 g/mol. The lowest BCUT2D eigenvalue weighted by molar-refractivity contribution is -0.128. The van der Waals surface area contributed by atoms with Crippen molar-refractivity contribution in [1.29, 1.82) is 0 Å². The molecule has 120 valence electrons. The average Bonchev–Trinajstić information content (AvgIpc) is 2.46. The van der Waals surface area contributed by atoms with Gasteiger partial charge in [0.1, 0.15) is 0 Å². The second-order valence-corrected chi connectivity index (χ2v) is 5.05. The van der Waals surface area contributed by atoms with Crippen LogP contribution in [0.15, 0.2) is 0 Å². The maximum Gasteiger partial charge on any atom is 0.239 e. The van der Waals surface area contributed by atoms with Crippen molar-refractivity contribution in [3.63, 3.8) is 0 Å². The molecule has 0 aliphatic heterocycles. The molecule has 0 saturated carbocycles. The number of nitrogens with one attached hydrogen (secondary N) is 3. The normalized spacial score (nSPS) is 11.7. The van der Waals surface area contributed by atoms with Crippen molar-refractivity contribution in [2.75, 3.05) is 25.4 Å². The SMILES string of the molecule is CC(C)C(=O)CNC(=O)CNC(=O)CNC(=O)[C@H](N)CS. The van der Waals surface area contributed by atoms with E-state index in [1.807, 2.05) is 0 Å². The Labute approximate surface area is 129 Å². The van der Waals surface area contributed by atoms with Crippen LogP contribution >= 0.6 is 12.6 Å². The van der Waals surface area contributed by atoms with Gasteiger partial charge in [0.05, 0.1) is 25.7 Å². The van der Waals surface area contributed by atoms with Gasteiger partial charge in [0, 0.05) is 11.7 Å². The van der Waals surface area contributed by atoms with E-state index in [4.69, 9.17) is 5.73 Å². The Morgan fingerprint density at radius 2 is 1.43 bits per heavy atom. The van der Waals surface area contributed by atoms with Gasteiger partial charge in [-0.15, -0.1) is 0 Å². The third-order valence-corrected chi connectivity index (χ3v) is 2.90. The standard InChI is InChI=1S/C12H22N4O4S/c1-7(2)9(17)3-14-10(18)4-15-11(19)5-16-12(20)8(13)6-21/h7-8,21H,3-6,13H2,1-2H3,(H,14,18)(H,15,19)(H,16,20)/t8-/m1/s1. The van der Waals surface area contributed by atoms with Crippen molar-refractivity contribution in [1.82, 2.24) is 16.0 Å². The maximum absolute atomic E-state index is 11.4. The minimum absolute atomic E-state index is 0.0695. The molecule has 1 atom stereocenters. The molecule has 0 saturated heterocycles. The van der Waals surface area contributed by atoms with Crippen LogP contribution in [0.1, 0.15) is 13.8 Å². The van der Waals surface area contributed by atoms with Crippen molar-refractivity contribution in [3.05, 3.63) is 0 Å². The maximum atomic E-state index is 11.4. The molecule has 0 aromatic heterocycles. The molecule has 21 heavy (non-hydrogen) atoms. The van der Waals surface area contributed by atoms with Crippen molar-refractivity contribution in [3.8, 4) is 0 Å². The number of hydrogen-bond donors (Lipinski definition) is 5. The number of amides is 3. The van der Waals surface area contributed by atoms with E-state index in [0.717, 1.165) is 0 Å². The Morgan fingerprint density at radius 1 is 0.952 bits per heavy atom. The van der Waals surface area contributed by atoms with E-state index in [1.165, 1.54) is 0 Å². The molecule has 0 fully saturated rings. The largest absolute Gasteiger partial charge is 0.347 e. The Balaban J connectivity index is 3.85. The van der Waals surface area contributed by atoms with Crippen LogP contribution in [-0.2, 0) is 19.2 Å². The molecule has 0 rings (SSSR count). The monoisotopic (exact) mass is 318 g/mol. The Kier molecular flexibility index (Phi) is 9.39. The predicted octanol–water partition coefficient (Wildman–Crippen LogP) is -2.18. The van der Waals surface area contributed by atoms with E-state index in [9.17, 15) is 19.2 Å². The zero-order chi connectivity index (χ0) is 16.4. The van der Waals surface area contributed by atoms with Crippen LogP contribution in [0.2, 0.25) is 0 Å². The molecule has 5 N–H and O–H groups in total. The topological polar surface area (TPSA) is 130 Å². The van der Waals surface area contributed by atoms with E-state index in [1.54, 1.807) is 13.8 Å². The molecule has 0 aliphatic rings. The highest BCUT2D eigenvalue weighted by Gasteiger charge is 2.13. The van der Waals surface area contributed by atoms with Gasteiger partial charge in [0.25, 0.3) is 0 Å². The highest BCUT2D eigenvalue weighted by molar-refractivity contribution is 7.80. The fraction of sp³-hybridized carbons (Fsp3) is 0.667. The highest BCUT2D eigenvalue weighted by Crippen LogP contribution is 1.91. The Morgan fingerprint density at radius 3 is 1.90 bits per heavy atom. The fourth-order valence-corrected chi connectivity index (χ4v) is 1.24. The van der Waals surface area contributed by atoms with Gasteiger partial charge in [-0.05, 0) is 0 Å². The summed E-state index contributed by atoms with van der Waals surface area (Å²) < 4.78 is 0. The van der Waals surface area contributed by atoms with E-state index in [0.29, 0.717) is 0 Å². The fourth-order valence-electron chi connectivity index (χ4n) is 1.08. The van der Waals surface area contributed by atoms with Crippen LogP contribution in [0.5, 0.6) is 0 Å². The first-order valence-corrected chi connectivity index (χ1v) is 7.11. The second-order valence-electron chi connectivity index (χ2n) is 4.68. The van der Waals surface area contributed by atoms with Gasteiger partial charge in [-0.1, -0.05) is 13.8 Å². The number of rotatable bonds is 9. The summed E-state index contributed by atoms with van der Waals surface area (Å²) >= 11 is 3.85. The molecule has 0 aromatic rings. The number of hydrogen-bond acceptors (Lipinski definition) is 6. The highest BCUT2D eigenvalue weighted by atomic mass is 32.1. The van der Waals surface area contributed by atoms with Crippen LogP contribution in [-0.4, -0.2) is 54.9 Å². The Bertz CT molecular complexity index is 401. The van der Waals surface area contributed by atoms with Gasteiger partial charge in [0.2, 0.25) is 17.7 Å². The predicted molar refractivity (Wildman–Crippen MR) is 80.7 cm³/mol. The Hall–Kier alpha value is -1.61. The molecule has 0 spiro atoms. The van der Waals surface area contributed by atoms with Crippen LogP contribution in [0.4, 0.5) is 0 Å². The molecule has 0 radical (unpaired) electrons. The minimum Gasteiger partial charge on any atom is -0.347 e. The number of carbonyl (C=O) groups excluding carboxylic acids is 4. The number of ketones is 1. The number of carbonyl (C=O) groups is 4. The van der Waals surface area contributed by atoms with Gasteiger partial charge in [0.15, 0.2) is 5.78 Å². The summed E-state index contributed by atoms with van der Waals surface area (Å²) in [6.45, 7) is 2.85. The third kappa shape index (κ3) is 9.03. The zero-order valence-electron chi connectivity index (χ0n) is 12.1. The molecule has 0 bridgehead atoms. The molecule has 0 unspecified atom stereocenters. The van der Waals surface area contributed by atoms with Crippen molar-refractivity contribution >= 4 is 36.1 Å². The molecule has 8 nitrogen and oxygen atoms in total. The van der Waals surface area contributed by atoms with Gasteiger partial charge in [-0.25, -0.2) is 0 Å². The lowest BCUT2D eigenvalue weighted by atomic mass is 10.1. The van der Waals surface area contributed by atoms with E-state index < -0.39 is 23.8 Å². The molecule has 0 aromatic carbocycles. The van der Waals surface area contributed by atoms with Gasteiger partial charge >= 0.3 is 0 Å². The van der Waals surface area contributed by atoms with E-state index in [2.05, 4.69) is 28.6 Å². The van der Waals surface area contributed by atoms with Gasteiger partial charge in [-0.2, -0.15) is 12.6 Å². The summed E-state index contributed by atoms with van der Waals surface area (Å²) in [6.07, 6.45) is 0. The lowest BCUT2D eigenvalue weighted by Crippen LogP contribution is -2.47. The third-order valence-electron chi connectivity index (χ3n) is 2.51. The quantitative estimate of drug-likeness (QED) is 0.309. The van der Waals surface area contributed by atoms with E-state index in [-0.39, 0.29) is 37.1 Å². The van der Waals surface area contributed by atoms with Gasteiger partial charge < -0.3 is 21.7 Å². The summed E-state index contributed by atoms with van der Waals surface area (Å²) in [4.78, 5) is 45.3. The van der Waals surface area contributed by atoms with Crippen LogP contribution in [0.3, 0.4) is 0 Å². The van der Waals surface area contributed by atoms with Crippen molar-refractivity contribution in [2.45, 2.75) is 19.9 Å². The molecular formula is C12H22N4O4S. The molecular weight excluding hydrogens is 296 g/mol. The van der Waals surface area contributed by atoms with Crippen LogP contribution < -0.4 is 21.7 Å². The number of Topliss-reactive ketones (excluding diaryl/α,β-unsaturated/α-hetero) is 1. The summed E-state index contributed by atoms with van der Waals surface area (Å²) in [5.74, 6) is -1.59. The summed E-state index contributed by atoms with van der Waals surface area (Å²) in [5.41, 5.74) is 5.40. The first kappa shape index (κ1) is 19.4. The lowest BCUT2D eigenvalue weighted by Gasteiger charge is -2.10. The number of nitrogens with two attached hydrogens (primary N) is 1.